The first-order chi connectivity index (χ1) is 9.58. The van der Waals surface area contributed by atoms with Crippen molar-refractivity contribution < 1.29 is 19.4 Å². The summed E-state index contributed by atoms with van der Waals surface area (Å²) in [7, 11) is 1.61. The number of methoxy groups -OCH3 is 1. The molecular weight excluding hydrogens is 260 g/mol. The molecule has 0 radical (unpaired) electrons. The molecule has 0 saturated carbocycles. The zero-order valence-corrected chi connectivity index (χ0v) is 11.3. The van der Waals surface area contributed by atoms with Crippen LogP contribution in [0, 0.1) is 5.92 Å². The molecule has 2 rings (SSSR count). The van der Waals surface area contributed by atoms with Crippen molar-refractivity contribution in [2.45, 2.75) is 13.0 Å². The van der Waals surface area contributed by atoms with Crippen molar-refractivity contribution in [1.29, 1.82) is 0 Å². The Labute approximate surface area is 117 Å². The third kappa shape index (κ3) is 3.63. The van der Waals surface area contributed by atoms with Gasteiger partial charge in [-0.2, -0.15) is 0 Å². The van der Waals surface area contributed by atoms with Crippen molar-refractivity contribution in [3.63, 3.8) is 0 Å². The van der Waals surface area contributed by atoms with Gasteiger partial charge in [0.25, 0.3) is 0 Å². The molecule has 1 aliphatic rings. The molecule has 0 unspecified atom stereocenters. The molecule has 0 bridgehead atoms. The average molecular weight is 278 g/mol. The fraction of sp³-hybridized carbons (Fsp3) is 0.429. The van der Waals surface area contributed by atoms with Crippen LogP contribution in [0.15, 0.2) is 24.3 Å². The molecule has 1 fully saturated rings. The second-order valence-corrected chi connectivity index (χ2v) is 4.88. The maximum atomic E-state index is 11.8. The van der Waals surface area contributed by atoms with Crippen LogP contribution in [0.1, 0.15) is 12.0 Å². The number of nitrogens with one attached hydrogen (secondary N) is 1. The standard InChI is InChI=1S/C14H18N2O4/c1-20-12-4-2-10(3-5-12)7-15-14(19)16-8-11(9-16)6-13(17)18/h2-5,11H,6-9H2,1H3,(H,15,19)(H,17,18). The van der Waals surface area contributed by atoms with Crippen molar-refractivity contribution in [1.82, 2.24) is 10.2 Å². The molecular formula is C14H18N2O4. The molecule has 1 aliphatic heterocycles. The number of likely N-dealkylation sites (tertiary alicyclic amines) is 1. The van der Waals surface area contributed by atoms with E-state index in [2.05, 4.69) is 5.32 Å². The van der Waals surface area contributed by atoms with Crippen molar-refractivity contribution in [3.8, 4) is 5.75 Å². The normalized spacial score (nSPS) is 14.6. The summed E-state index contributed by atoms with van der Waals surface area (Å²) in [4.78, 5) is 23.9. The summed E-state index contributed by atoms with van der Waals surface area (Å²) in [6.07, 6.45) is 0.127. The minimum Gasteiger partial charge on any atom is -0.497 e. The maximum absolute atomic E-state index is 11.8. The summed E-state index contributed by atoms with van der Waals surface area (Å²) in [6, 6.07) is 7.31. The third-order valence-electron chi connectivity index (χ3n) is 3.31. The average Bonchev–Trinajstić information content (AvgIpc) is 2.40. The van der Waals surface area contributed by atoms with Gasteiger partial charge in [0.05, 0.1) is 13.5 Å². The second kappa shape index (κ2) is 6.27. The van der Waals surface area contributed by atoms with Gasteiger partial charge in [0.15, 0.2) is 0 Å². The number of nitrogens with zero attached hydrogens (tertiary/aromatic N) is 1. The quantitative estimate of drug-likeness (QED) is 0.851. The number of hydrogen-bond donors (Lipinski definition) is 2. The molecule has 0 aliphatic carbocycles. The fourth-order valence-electron chi connectivity index (χ4n) is 2.14. The number of hydrogen-bond acceptors (Lipinski definition) is 3. The van der Waals surface area contributed by atoms with Gasteiger partial charge >= 0.3 is 12.0 Å². The van der Waals surface area contributed by atoms with Crippen molar-refractivity contribution in [2.24, 2.45) is 5.92 Å². The SMILES string of the molecule is COc1ccc(CNC(=O)N2CC(CC(=O)O)C2)cc1. The van der Waals surface area contributed by atoms with Gasteiger partial charge in [0, 0.05) is 25.6 Å². The van der Waals surface area contributed by atoms with E-state index < -0.39 is 5.97 Å². The van der Waals surface area contributed by atoms with E-state index in [0.717, 1.165) is 11.3 Å². The molecule has 20 heavy (non-hydrogen) atoms. The van der Waals surface area contributed by atoms with Gasteiger partial charge in [-0.3, -0.25) is 4.79 Å². The van der Waals surface area contributed by atoms with E-state index in [4.69, 9.17) is 9.84 Å². The van der Waals surface area contributed by atoms with Gasteiger partial charge in [-0.05, 0) is 17.7 Å². The van der Waals surface area contributed by atoms with Crippen LogP contribution in [0.25, 0.3) is 0 Å². The molecule has 1 aromatic rings. The van der Waals surface area contributed by atoms with E-state index in [-0.39, 0.29) is 18.4 Å². The number of urea groups is 1. The van der Waals surface area contributed by atoms with Crippen molar-refractivity contribution >= 4 is 12.0 Å². The zero-order chi connectivity index (χ0) is 14.5. The molecule has 0 aromatic heterocycles. The molecule has 108 valence electrons. The largest absolute Gasteiger partial charge is 0.497 e. The van der Waals surface area contributed by atoms with E-state index in [0.29, 0.717) is 19.6 Å². The van der Waals surface area contributed by atoms with Gasteiger partial charge in [-0.25, -0.2) is 4.79 Å². The van der Waals surface area contributed by atoms with Crippen molar-refractivity contribution in [3.05, 3.63) is 29.8 Å². The monoisotopic (exact) mass is 278 g/mol. The highest BCUT2D eigenvalue weighted by Gasteiger charge is 2.31. The first-order valence-corrected chi connectivity index (χ1v) is 6.46. The van der Waals surface area contributed by atoms with E-state index in [1.54, 1.807) is 12.0 Å². The number of carbonyl (C=O) groups excluding carboxylic acids is 1. The molecule has 2 amide bonds. The van der Waals surface area contributed by atoms with Crippen LogP contribution in [-0.2, 0) is 11.3 Å². The van der Waals surface area contributed by atoms with Gasteiger partial charge < -0.3 is 20.1 Å². The van der Waals surface area contributed by atoms with E-state index in [1.165, 1.54) is 0 Å². The number of carboxylic acids is 1. The fourth-order valence-corrected chi connectivity index (χ4v) is 2.14. The molecule has 0 atom stereocenters. The first kappa shape index (κ1) is 14.2. The Hall–Kier alpha value is -2.24. The second-order valence-electron chi connectivity index (χ2n) is 4.88. The molecule has 0 spiro atoms. The van der Waals surface area contributed by atoms with E-state index in [1.807, 2.05) is 24.3 Å². The molecule has 1 saturated heterocycles. The molecule has 1 aromatic carbocycles. The Morgan fingerprint density at radius 1 is 1.35 bits per heavy atom. The molecule has 1 heterocycles. The highest BCUT2D eigenvalue weighted by atomic mass is 16.5. The lowest BCUT2D eigenvalue weighted by atomic mass is 9.97. The Morgan fingerprint density at radius 2 is 2.00 bits per heavy atom. The predicted octanol–water partition coefficient (Wildman–Crippen LogP) is 1.31. The van der Waals surface area contributed by atoms with Crippen molar-refractivity contribution in [2.75, 3.05) is 20.2 Å². The number of amides is 2. The summed E-state index contributed by atoms with van der Waals surface area (Å²) in [5, 5.41) is 11.5. The summed E-state index contributed by atoms with van der Waals surface area (Å²) >= 11 is 0. The van der Waals surface area contributed by atoms with Crippen LogP contribution in [0.5, 0.6) is 5.75 Å². The number of carboxylic acid groups (broad SMARTS) is 1. The highest BCUT2D eigenvalue weighted by molar-refractivity contribution is 5.75. The highest BCUT2D eigenvalue weighted by Crippen LogP contribution is 2.19. The zero-order valence-electron chi connectivity index (χ0n) is 11.3. The lowest BCUT2D eigenvalue weighted by Gasteiger charge is -2.38. The van der Waals surface area contributed by atoms with Gasteiger partial charge in [-0.1, -0.05) is 12.1 Å². The first-order valence-electron chi connectivity index (χ1n) is 6.46. The van der Waals surface area contributed by atoms with E-state index in [9.17, 15) is 9.59 Å². The Balaban J connectivity index is 1.72. The van der Waals surface area contributed by atoms with E-state index >= 15 is 0 Å². The minimum atomic E-state index is -0.812. The van der Waals surface area contributed by atoms with Crippen LogP contribution < -0.4 is 10.1 Å². The number of rotatable bonds is 5. The number of benzene rings is 1. The molecule has 2 N–H and O–H groups in total. The minimum absolute atomic E-state index is 0.0826. The number of ether oxygens (including phenoxy) is 1. The van der Waals surface area contributed by atoms with Crippen LogP contribution in [0.4, 0.5) is 4.79 Å². The summed E-state index contributed by atoms with van der Waals surface area (Å²) in [6.45, 7) is 1.48. The number of aliphatic carboxylic acids is 1. The Bertz CT molecular complexity index is 480. The van der Waals surface area contributed by atoms with Gasteiger partial charge in [0.2, 0.25) is 0 Å². The molecule has 6 heteroatoms. The lowest BCUT2D eigenvalue weighted by Crippen LogP contribution is -2.54. The lowest BCUT2D eigenvalue weighted by molar-refractivity contribution is -0.139. The van der Waals surface area contributed by atoms with Gasteiger partial charge in [0.1, 0.15) is 5.75 Å². The third-order valence-corrected chi connectivity index (χ3v) is 3.31. The van der Waals surface area contributed by atoms with Crippen LogP contribution in [0.3, 0.4) is 0 Å². The Kier molecular flexibility index (Phi) is 4.45. The van der Waals surface area contributed by atoms with Crippen LogP contribution in [0.2, 0.25) is 0 Å². The summed E-state index contributed by atoms with van der Waals surface area (Å²) in [5.41, 5.74) is 0.988. The summed E-state index contributed by atoms with van der Waals surface area (Å²) in [5.74, 6) is 0.0480. The van der Waals surface area contributed by atoms with Gasteiger partial charge in [-0.15, -0.1) is 0 Å². The molecule has 6 nitrogen and oxygen atoms in total. The summed E-state index contributed by atoms with van der Waals surface area (Å²) < 4.78 is 5.06. The maximum Gasteiger partial charge on any atom is 0.317 e. The topological polar surface area (TPSA) is 78.9 Å². The smallest absolute Gasteiger partial charge is 0.317 e. The number of carbonyl (C=O) groups is 2. The van der Waals surface area contributed by atoms with Crippen LogP contribution in [-0.4, -0.2) is 42.2 Å². The predicted molar refractivity (Wildman–Crippen MR) is 72.5 cm³/mol. The van der Waals surface area contributed by atoms with Crippen LogP contribution >= 0.6 is 0 Å². The Morgan fingerprint density at radius 3 is 2.55 bits per heavy atom.